The number of carbonyl (C=O) groups is 2. The van der Waals surface area contributed by atoms with Gasteiger partial charge < -0.3 is 29.9 Å². The van der Waals surface area contributed by atoms with Gasteiger partial charge in [0.25, 0.3) is 5.91 Å². The second kappa shape index (κ2) is 19.3. The number of benzene rings is 2. The summed E-state index contributed by atoms with van der Waals surface area (Å²) in [7, 11) is 0. The number of carboxylic acid groups (broad SMARTS) is 1. The standard InChI is InChI=1S/C40H51N5O5.C4H10O.C2H6/c1-26-10-7-8-21-49-40(6)16-19-44(20-17-40)38-31(24-36(46)47)27(2)42-35-25-33(43-45(35)38)29-12-9-11-28(22-29)32-23-30(13-14-34(32)50-26)37(48)41-18-15-39(3,4)5;1-4(2,3)5;1-2/h9,11-14,22-23,25-26H,7-8,10,15-21,24H2,1-6H3,(H,41,48)(H,46,47);5H,1-3H3;1-2H3. The maximum absolute atomic E-state index is 13.3. The highest BCUT2D eigenvalue weighted by atomic mass is 16.5. The zero-order valence-corrected chi connectivity index (χ0v) is 36.3. The summed E-state index contributed by atoms with van der Waals surface area (Å²) in [5.41, 5.74) is 5.30. The average Bonchev–Trinajstić information content (AvgIpc) is 3.55. The number of aryl methyl sites for hydroxylation is 1. The summed E-state index contributed by atoms with van der Waals surface area (Å²) in [6.45, 7) is 24.6. The number of nitrogens with zero attached hydrogens (tertiary/aromatic N) is 4. The van der Waals surface area contributed by atoms with Gasteiger partial charge in [-0.25, -0.2) is 4.98 Å². The molecule has 57 heavy (non-hydrogen) atoms. The predicted octanol–water partition coefficient (Wildman–Crippen LogP) is 9.29. The number of hydrogen-bond donors (Lipinski definition) is 3. The van der Waals surface area contributed by atoms with Crippen molar-refractivity contribution in [2.24, 2.45) is 5.41 Å². The number of anilines is 1. The molecular weight excluding hydrogens is 719 g/mol. The third-order valence-corrected chi connectivity index (χ3v) is 9.98. The van der Waals surface area contributed by atoms with E-state index in [2.05, 4.69) is 50.9 Å². The molecule has 1 amide bonds. The third-order valence-electron chi connectivity index (χ3n) is 9.98. The highest BCUT2D eigenvalue weighted by molar-refractivity contribution is 5.96. The number of aromatic nitrogens is 3. The molecule has 6 bridgehead atoms. The first-order valence-corrected chi connectivity index (χ1v) is 20.7. The first kappa shape index (κ1) is 45.2. The highest BCUT2D eigenvalue weighted by Gasteiger charge is 2.33. The number of nitrogens with one attached hydrogen (secondary N) is 1. The molecule has 0 spiro atoms. The first-order chi connectivity index (χ1) is 26.8. The minimum Gasteiger partial charge on any atom is -0.490 e. The van der Waals surface area contributed by atoms with E-state index in [0.717, 1.165) is 85.6 Å². The van der Waals surface area contributed by atoms with Crippen LogP contribution in [0.15, 0.2) is 48.5 Å². The fourth-order valence-electron chi connectivity index (χ4n) is 6.92. The number of hydrogen-bond acceptors (Lipinski definition) is 8. The maximum atomic E-state index is 13.3. The second-order valence-electron chi connectivity index (χ2n) is 17.6. The SMILES string of the molecule is CC.CC(C)(C)O.Cc1nc2cc3nn2c(c1CC(=O)O)N1CCC(C)(CC1)OCCCCC(C)Oc1ccc(C(=O)NCCC(C)(C)C)cc1-c1cccc-3c1. The van der Waals surface area contributed by atoms with Crippen LogP contribution in [0.2, 0.25) is 0 Å². The van der Waals surface area contributed by atoms with Crippen molar-refractivity contribution in [3.05, 3.63) is 65.4 Å². The van der Waals surface area contributed by atoms with E-state index in [1.807, 2.05) is 67.8 Å². The van der Waals surface area contributed by atoms with Crippen molar-refractivity contribution in [3.63, 3.8) is 0 Å². The smallest absolute Gasteiger partial charge is 0.308 e. The van der Waals surface area contributed by atoms with E-state index in [-0.39, 0.29) is 29.4 Å². The van der Waals surface area contributed by atoms with E-state index in [0.29, 0.717) is 35.6 Å². The summed E-state index contributed by atoms with van der Waals surface area (Å²) in [6.07, 6.45) is 5.13. The number of piperidine rings is 1. The van der Waals surface area contributed by atoms with Crippen molar-refractivity contribution in [3.8, 4) is 28.1 Å². The molecule has 5 heterocycles. The highest BCUT2D eigenvalue weighted by Crippen LogP contribution is 2.37. The molecule has 11 nitrogen and oxygen atoms in total. The number of ether oxygens (including phenoxy) is 2. The van der Waals surface area contributed by atoms with E-state index >= 15 is 0 Å². The number of rotatable bonds is 5. The summed E-state index contributed by atoms with van der Waals surface area (Å²) >= 11 is 0. The third kappa shape index (κ3) is 13.0. The van der Waals surface area contributed by atoms with Crippen molar-refractivity contribution >= 4 is 23.3 Å². The molecule has 312 valence electrons. The minimum absolute atomic E-state index is 0.0287. The number of carboxylic acids is 1. The molecule has 2 aromatic heterocycles. The fourth-order valence-corrected chi connectivity index (χ4v) is 6.92. The molecule has 1 fully saturated rings. The number of carbonyl (C=O) groups excluding carboxylic acids is 1. The van der Waals surface area contributed by atoms with Crippen LogP contribution < -0.4 is 15.0 Å². The number of aliphatic hydroxyl groups is 1. The van der Waals surface area contributed by atoms with Crippen LogP contribution in [0.4, 0.5) is 5.82 Å². The molecule has 0 saturated carbocycles. The van der Waals surface area contributed by atoms with Gasteiger partial charge in [-0.1, -0.05) is 52.8 Å². The van der Waals surface area contributed by atoms with Crippen molar-refractivity contribution in [2.75, 3.05) is 31.1 Å². The van der Waals surface area contributed by atoms with Gasteiger partial charge in [0.2, 0.25) is 0 Å². The van der Waals surface area contributed by atoms with Gasteiger partial charge in [0.05, 0.1) is 29.4 Å². The molecule has 11 heteroatoms. The monoisotopic (exact) mass is 786 g/mol. The van der Waals surface area contributed by atoms with E-state index in [1.165, 1.54) is 0 Å². The molecule has 3 N–H and O–H groups in total. The molecular formula is C46H67N5O6. The van der Waals surface area contributed by atoms with E-state index in [4.69, 9.17) is 24.7 Å². The normalized spacial score (nSPS) is 18.7. The van der Waals surface area contributed by atoms with Gasteiger partial charge >= 0.3 is 5.97 Å². The van der Waals surface area contributed by atoms with Crippen molar-refractivity contribution in [1.82, 2.24) is 19.9 Å². The predicted molar refractivity (Wildman–Crippen MR) is 229 cm³/mol. The Morgan fingerprint density at radius 1 is 0.982 bits per heavy atom. The Labute approximate surface area is 340 Å². The van der Waals surface area contributed by atoms with Crippen molar-refractivity contribution in [2.45, 2.75) is 138 Å². The van der Waals surface area contributed by atoms with Gasteiger partial charge in [0.1, 0.15) is 11.6 Å². The minimum atomic E-state index is -0.903. The van der Waals surface area contributed by atoms with Crippen LogP contribution >= 0.6 is 0 Å². The molecule has 0 radical (unpaired) electrons. The van der Waals surface area contributed by atoms with E-state index < -0.39 is 11.6 Å². The molecule has 3 aliphatic heterocycles. The van der Waals surface area contributed by atoms with Crippen LogP contribution in [0, 0.1) is 12.3 Å². The van der Waals surface area contributed by atoms with Gasteiger partial charge in [0, 0.05) is 60.3 Å². The summed E-state index contributed by atoms with van der Waals surface area (Å²) < 4.78 is 14.9. The topological polar surface area (TPSA) is 139 Å². The van der Waals surface area contributed by atoms with Gasteiger partial charge in [-0.05, 0) is 115 Å². The Kier molecular flexibility index (Phi) is 15.3. The van der Waals surface area contributed by atoms with E-state index in [9.17, 15) is 14.7 Å². The first-order valence-electron chi connectivity index (χ1n) is 20.7. The fraction of sp³-hybridized carbons (Fsp3) is 0.565. The van der Waals surface area contributed by atoms with Gasteiger partial charge in [-0.15, -0.1) is 0 Å². The summed E-state index contributed by atoms with van der Waals surface area (Å²) in [4.78, 5) is 32.4. The lowest BCUT2D eigenvalue weighted by molar-refractivity contribution is -0.136. The Morgan fingerprint density at radius 2 is 1.65 bits per heavy atom. The van der Waals surface area contributed by atoms with Crippen LogP contribution in [0.1, 0.15) is 129 Å². The van der Waals surface area contributed by atoms with Crippen LogP contribution in [-0.4, -0.2) is 80.2 Å². The lowest BCUT2D eigenvalue weighted by Crippen LogP contribution is -2.45. The van der Waals surface area contributed by atoms with Crippen molar-refractivity contribution < 1.29 is 29.3 Å². The molecule has 7 rings (SSSR count). The summed E-state index contributed by atoms with van der Waals surface area (Å²) in [5, 5.41) is 26.5. The Bertz CT molecular complexity index is 1960. The van der Waals surface area contributed by atoms with Crippen LogP contribution in [-0.2, 0) is 16.0 Å². The largest absolute Gasteiger partial charge is 0.490 e. The summed E-state index contributed by atoms with van der Waals surface area (Å²) in [6, 6.07) is 15.7. The van der Waals surface area contributed by atoms with Gasteiger partial charge in [0.15, 0.2) is 5.65 Å². The molecule has 3 aliphatic rings. The Morgan fingerprint density at radius 3 is 2.30 bits per heavy atom. The molecule has 2 aromatic carbocycles. The zero-order valence-electron chi connectivity index (χ0n) is 36.3. The van der Waals surface area contributed by atoms with Crippen molar-refractivity contribution in [1.29, 1.82) is 0 Å². The average molecular weight is 786 g/mol. The molecule has 1 atom stereocenters. The van der Waals surface area contributed by atoms with Crippen LogP contribution in [0.3, 0.4) is 0 Å². The summed E-state index contributed by atoms with van der Waals surface area (Å²) in [5.74, 6) is 0.484. The van der Waals surface area contributed by atoms with Crippen LogP contribution in [0.25, 0.3) is 28.0 Å². The lowest BCUT2D eigenvalue weighted by atomic mass is 9.92. The number of aliphatic carboxylic acids is 1. The maximum Gasteiger partial charge on any atom is 0.308 e. The second-order valence-corrected chi connectivity index (χ2v) is 17.6. The number of fused-ring (bicyclic) bond motifs is 8. The molecule has 4 aromatic rings. The zero-order chi connectivity index (χ0) is 42.1. The van der Waals surface area contributed by atoms with Gasteiger partial charge in [-0.2, -0.15) is 9.61 Å². The quantitative estimate of drug-likeness (QED) is 0.181. The van der Waals surface area contributed by atoms with Gasteiger partial charge in [-0.3, -0.25) is 9.59 Å². The number of amides is 1. The molecule has 1 unspecified atom stereocenters. The lowest BCUT2D eigenvalue weighted by Gasteiger charge is -2.41. The Hall–Kier alpha value is -4.48. The molecule has 1 saturated heterocycles. The van der Waals surface area contributed by atoms with E-state index in [1.54, 1.807) is 20.8 Å². The Balaban J connectivity index is 0.000000954. The van der Waals surface area contributed by atoms with Crippen LogP contribution in [0.5, 0.6) is 5.75 Å². The molecule has 0 aliphatic carbocycles.